The van der Waals surface area contributed by atoms with Crippen LogP contribution in [0.1, 0.15) is 27.9 Å². The van der Waals surface area contributed by atoms with E-state index in [1.165, 1.54) is 7.11 Å². The van der Waals surface area contributed by atoms with E-state index >= 15 is 0 Å². The normalized spacial score (nSPS) is 11.5. The topological polar surface area (TPSA) is 101 Å². The van der Waals surface area contributed by atoms with Crippen molar-refractivity contribution >= 4 is 27.3 Å². The zero-order chi connectivity index (χ0) is 16.2. The van der Waals surface area contributed by atoms with Gasteiger partial charge < -0.3 is 4.74 Å². The van der Waals surface area contributed by atoms with Crippen molar-refractivity contribution < 1.29 is 17.9 Å². The van der Waals surface area contributed by atoms with Gasteiger partial charge in [0, 0.05) is 11.4 Å². The van der Waals surface area contributed by atoms with Crippen molar-refractivity contribution in [1.29, 1.82) is 0 Å². The molecule has 2 rings (SSSR count). The van der Waals surface area contributed by atoms with Crippen LogP contribution in [-0.4, -0.2) is 38.2 Å². The number of aromatic nitrogens is 2. The minimum atomic E-state index is -3.88. The van der Waals surface area contributed by atoms with Crippen LogP contribution < -0.4 is 4.72 Å². The number of esters is 1. The lowest BCUT2D eigenvalue weighted by Gasteiger charge is -2.06. The number of aryl methyl sites for hydroxylation is 1. The van der Waals surface area contributed by atoms with Crippen molar-refractivity contribution in [1.82, 2.24) is 14.9 Å². The number of nitrogens with one attached hydrogen (secondary N) is 2. The largest absolute Gasteiger partial charge is 0.465 e. The fourth-order valence-corrected chi connectivity index (χ4v) is 3.81. The highest BCUT2D eigenvalue weighted by Crippen LogP contribution is 2.18. The van der Waals surface area contributed by atoms with Crippen LogP contribution >= 0.6 is 11.3 Å². The first kappa shape index (κ1) is 16.7. The molecule has 0 aliphatic rings. The third-order valence-corrected chi connectivity index (χ3v) is 5.37. The Hall–Kier alpha value is -1.71. The van der Waals surface area contributed by atoms with Crippen LogP contribution in [0.15, 0.2) is 22.5 Å². The third kappa shape index (κ3) is 3.54. The van der Waals surface area contributed by atoms with Gasteiger partial charge in [-0.05, 0) is 24.3 Å². The molecule has 2 N–H and O–H groups in total. The molecule has 22 heavy (non-hydrogen) atoms. The number of hydrogen-bond acceptors (Lipinski definition) is 6. The number of ether oxygens (including phenoxy) is 1. The number of carbonyl (C=O) groups excluding carboxylic acids is 1. The molecule has 9 heteroatoms. The van der Waals surface area contributed by atoms with Gasteiger partial charge in [-0.1, -0.05) is 13.0 Å². The number of methoxy groups -OCH3 is 1. The van der Waals surface area contributed by atoms with E-state index in [4.69, 9.17) is 0 Å². The van der Waals surface area contributed by atoms with Gasteiger partial charge >= 0.3 is 5.97 Å². The maximum Gasteiger partial charge on any atom is 0.342 e. The summed E-state index contributed by atoms with van der Waals surface area (Å²) < 4.78 is 31.8. The van der Waals surface area contributed by atoms with Gasteiger partial charge in [0.2, 0.25) is 5.03 Å². The molecule has 0 saturated carbocycles. The number of aromatic amines is 1. The average Bonchev–Trinajstić information content (AvgIpc) is 3.15. The fourth-order valence-electron chi connectivity index (χ4n) is 1.95. The van der Waals surface area contributed by atoms with Crippen molar-refractivity contribution in [2.45, 2.75) is 24.8 Å². The van der Waals surface area contributed by atoms with Crippen LogP contribution in [0.5, 0.6) is 0 Å². The molecule has 0 aliphatic carbocycles. The minimum absolute atomic E-state index is 0.0337. The SMILES string of the molecule is CCc1[nH]nc(S(=O)(=O)NCCc2cccs2)c1C(=O)OC. The molecule has 0 unspecified atom stereocenters. The highest BCUT2D eigenvalue weighted by molar-refractivity contribution is 7.89. The summed E-state index contributed by atoms with van der Waals surface area (Å²) in [6.07, 6.45) is 1.03. The Labute approximate surface area is 132 Å². The molecule has 2 heterocycles. The zero-order valence-corrected chi connectivity index (χ0v) is 13.9. The van der Waals surface area contributed by atoms with Gasteiger partial charge in [0.05, 0.1) is 12.8 Å². The molecule has 0 saturated heterocycles. The summed E-state index contributed by atoms with van der Waals surface area (Å²) in [6.45, 7) is 2.03. The summed E-state index contributed by atoms with van der Waals surface area (Å²) in [5, 5.41) is 7.96. The molecule has 0 spiro atoms. The monoisotopic (exact) mass is 343 g/mol. The molecule has 0 fully saturated rings. The highest BCUT2D eigenvalue weighted by Gasteiger charge is 2.29. The van der Waals surface area contributed by atoms with E-state index in [-0.39, 0.29) is 17.1 Å². The number of nitrogens with zero attached hydrogens (tertiary/aromatic N) is 1. The second-order valence-corrected chi connectivity index (χ2v) is 7.17. The molecule has 120 valence electrons. The van der Waals surface area contributed by atoms with Crippen LogP contribution in [0.2, 0.25) is 0 Å². The Morgan fingerprint density at radius 3 is 2.86 bits per heavy atom. The van der Waals surface area contributed by atoms with Gasteiger partial charge in [-0.25, -0.2) is 17.9 Å². The average molecular weight is 343 g/mol. The molecule has 0 atom stereocenters. The lowest BCUT2D eigenvalue weighted by atomic mass is 10.2. The first-order chi connectivity index (χ1) is 10.5. The zero-order valence-electron chi connectivity index (χ0n) is 12.3. The Morgan fingerprint density at radius 2 is 2.27 bits per heavy atom. The van der Waals surface area contributed by atoms with E-state index in [9.17, 15) is 13.2 Å². The third-order valence-electron chi connectivity index (χ3n) is 3.05. The number of hydrogen-bond donors (Lipinski definition) is 2. The lowest BCUT2D eigenvalue weighted by molar-refractivity contribution is 0.0595. The second-order valence-electron chi connectivity index (χ2n) is 4.45. The van der Waals surface area contributed by atoms with Gasteiger partial charge in [-0.3, -0.25) is 5.10 Å². The van der Waals surface area contributed by atoms with E-state index < -0.39 is 16.0 Å². The van der Waals surface area contributed by atoms with Crippen molar-refractivity contribution in [3.8, 4) is 0 Å². The van der Waals surface area contributed by atoms with Crippen LogP contribution in [-0.2, 0) is 27.6 Å². The Balaban J connectivity index is 2.18. The van der Waals surface area contributed by atoms with Crippen molar-refractivity contribution in [3.05, 3.63) is 33.6 Å². The Bertz CT molecular complexity index is 735. The summed E-state index contributed by atoms with van der Waals surface area (Å²) in [4.78, 5) is 12.9. The molecule has 2 aromatic heterocycles. The quantitative estimate of drug-likeness (QED) is 0.739. The Kier molecular flexibility index (Phi) is 5.33. The smallest absolute Gasteiger partial charge is 0.342 e. The maximum absolute atomic E-state index is 12.3. The lowest BCUT2D eigenvalue weighted by Crippen LogP contribution is -2.27. The summed E-state index contributed by atoms with van der Waals surface area (Å²) in [7, 11) is -2.67. The van der Waals surface area contributed by atoms with E-state index in [0.717, 1.165) is 4.88 Å². The van der Waals surface area contributed by atoms with Gasteiger partial charge in [-0.2, -0.15) is 5.10 Å². The number of H-pyrrole nitrogens is 1. The van der Waals surface area contributed by atoms with E-state index in [2.05, 4.69) is 19.7 Å². The number of sulfonamides is 1. The van der Waals surface area contributed by atoms with Gasteiger partial charge in [-0.15, -0.1) is 11.3 Å². The van der Waals surface area contributed by atoms with Gasteiger partial charge in [0.1, 0.15) is 5.56 Å². The predicted octanol–water partition coefficient (Wildman–Crippen LogP) is 1.34. The molecule has 0 radical (unpaired) electrons. The van der Waals surface area contributed by atoms with Crippen LogP contribution in [0.3, 0.4) is 0 Å². The molecule has 2 aromatic rings. The molecule has 0 aliphatic heterocycles. The Morgan fingerprint density at radius 1 is 1.50 bits per heavy atom. The minimum Gasteiger partial charge on any atom is -0.465 e. The molecular formula is C13H17N3O4S2. The fraction of sp³-hybridized carbons (Fsp3) is 0.385. The molecule has 0 aromatic carbocycles. The number of thiophene rings is 1. The number of carbonyl (C=O) groups is 1. The summed E-state index contributed by atoms with van der Waals surface area (Å²) >= 11 is 1.56. The number of rotatable bonds is 7. The molecule has 7 nitrogen and oxygen atoms in total. The van der Waals surface area contributed by atoms with Crippen molar-refractivity contribution in [2.24, 2.45) is 0 Å². The van der Waals surface area contributed by atoms with Crippen molar-refractivity contribution in [3.63, 3.8) is 0 Å². The molecule has 0 bridgehead atoms. The summed E-state index contributed by atoms with van der Waals surface area (Å²) in [5.74, 6) is -0.718. The van der Waals surface area contributed by atoms with Crippen molar-refractivity contribution in [2.75, 3.05) is 13.7 Å². The van der Waals surface area contributed by atoms with Crippen LogP contribution in [0, 0.1) is 0 Å². The van der Waals surface area contributed by atoms with E-state index in [1.807, 2.05) is 17.5 Å². The predicted molar refractivity (Wildman–Crippen MR) is 82.5 cm³/mol. The van der Waals surface area contributed by atoms with E-state index in [0.29, 0.717) is 18.5 Å². The van der Waals surface area contributed by atoms with Gasteiger partial charge in [0.25, 0.3) is 10.0 Å². The molecule has 0 amide bonds. The van der Waals surface area contributed by atoms with Crippen LogP contribution in [0.4, 0.5) is 0 Å². The first-order valence-corrected chi connectivity index (χ1v) is 9.03. The van der Waals surface area contributed by atoms with Gasteiger partial charge in [0.15, 0.2) is 0 Å². The van der Waals surface area contributed by atoms with Crippen LogP contribution in [0.25, 0.3) is 0 Å². The molecular weight excluding hydrogens is 326 g/mol. The highest BCUT2D eigenvalue weighted by atomic mass is 32.2. The summed E-state index contributed by atoms with van der Waals surface area (Å²) in [6, 6.07) is 3.84. The standard InChI is InChI=1S/C13H17N3O4S2/c1-3-10-11(13(17)20-2)12(16-15-10)22(18,19)14-7-6-9-5-4-8-21-9/h4-5,8,14H,3,6-7H2,1-2H3,(H,15,16). The summed E-state index contributed by atoms with van der Waals surface area (Å²) in [5.41, 5.74) is 0.402. The first-order valence-electron chi connectivity index (χ1n) is 6.67. The second kappa shape index (κ2) is 7.03. The maximum atomic E-state index is 12.3. The van der Waals surface area contributed by atoms with E-state index in [1.54, 1.807) is 18.3 Å².